The zero-order chi connectivity index (χ0) is 16.0. The van der Waals surface area contributed by atoms with Gasteiger partial charge in [0.2, 0.25) is 0 Å². The van der Waals surface area contributed by atoms with Gasteiger partial charge in [0, 0.05) is 25.2 Å². The van der Waals surface area contributed by atoms with Crippen molar-refractivity contribution < 1.29 is 18.7 Å². The molecule has 0 saturated carbocycles. The highest BCUT2D eigenvalue weighted by molar-refractivity contribution is 5.95. The Balaban J connectivity index is 3.15. The predicted octanol–water partition coefficient (Wildman–Crippen LogP) is 2.63. The van der Waals surface area contributed by atoms with Crippen LogP contribution >= 0.6 is 0 Å². The van der Waals surface area contributed by atoms with Crippen LogP contribution in [0.25, 0.3) is 0 Å². The van der Waals surface area contributed by atoms with Crippen LogP contribution in [-0.2, 0) is 0 Å². The fourth-order valence-corrected chi connectivity index (χ4v) is 2.39. The highest BCUT2D eigenvalue weighted by atomic mass is 19.1. The number of carbonyl (C=O) groups excluding carboxylic acids is 1. The molecule has 118 valence electrons. The fourth-order valence-electron chi connectivity index (χ4n) is 2.39. The lowest BCUT2D eigenvalue weighted by Gasteiger charge is -2.30. The van der Waals surface area contributed by atoms with Crippen LogP contribution in [0, 0.1) is 11.6 Å². The van der Waals surface area contributed by atoms with E-state index in [4.69, 9.17) is 5.11 Å². The van der Waals surface area contributed by atoms with E-state index >= 15 is 0 Å². The van der Waals surface area contributed by atoms with Crippen molar-refractivity contribution in [1.29, 1.82) is 0 Å². The largest absolute Gasteiger partial charge is 0.395 e. The number of amides is 1. The van der Waals surface area contributed by atoms with E-state index in [2.05, 4.69) is 5.32 Å². The van der Waals surface area contributed by atoms with Gasteiger partial charge in [0.1, 0.15) is 17.3 Å². The van der Waals surface area contributed by atoms with Gasteiger partial charge >= 0.3 is 0 Å². The minimum Gasteiger partial charge on any atom is -0.395 e. The summed E-state index contributed by atoms with van der Waals surface area (Å²) in [6.45, 7) is 3.80. The van der Waals surface area contributed by atoms with Gasteiger partial charge in [0.25, 0.3) is 5.91 Å². The van der Waals surface area contributed by atoms with Crippen molar-refractivity contribution in [3.05, 3.63) is 29.3 Å². The second kappa shape index (κ2) is 7.93. The molecule has 1 amide bonds. The number of hydrogen-bond acceptors (Lipinski definition) is 3. The van der Waals surface area contributed by atoms with Crippen molar-refractivity contribution in [1.82, 2.24) is 4.90 Å². The molecule has 0 fully saturated rings. The molecule has 0 aliphatic heterocycles. The predicted molar refractivity (Wildman–Crippen MR) is 78.4 cm³/mol. The number of carbonyl (C=O) groups is 1. The van der Waals surface area contributed by atoms with Crippen molar-refractivity contribution in [2.75, 3.05) is 25.5 Å². The van der Waals surface area contributed by atoms with Gasteiger partial charge in [-0.15, -0.1) is 0 Å². The molecule has 0 bridgehead atoms. The number of nitrogens with zero attached hydrogens (tertiary/aromatic N) is 1. The summed E-state index contributed by atoms with van der Waals surface area (Å²) in [5.41, 5.74) is -0.313. The molecule has 0 spiro atoms. The Labute approximate surface area is 123 Å². The Morgan fingerprint density at radius 2 is 1.81 bits per heavy atom. The van der Waals surface area contributed by atoms with Gasteiger partial charge in [-0.25, -0.2) is 8.78 Å². The molecule has 6 heteroatoms. The third-order valence-electron chi connectivity index (χ3n) is 3.52. The van der Waals surface area contributed by atoms with Gasteiger partial charge in [-0.3, -0.25) is 4.79 Å². The Hall–Kier alpha value is -1.69. The first-order valence-electron chi connectivity index (χ1n) is 7.08. The standard InChI is InChI=1S/C15H22F2N2O2/c1-4-11(5-2)19(6-7-20)15(21)10-8-12(16)14(18-3)13(17)9-10/h8-9,11,18,20H,4-7H2,1-3H3. The first kappa shape index (κ1) is 17.4. The van der Waals surface area contributed by atoms with Gasteiger partial charge in [-0.1, -0.05) is 13.8 Å². The van der Waals surface area contributed by atoms with Crippen LogP contribution in [0.3, 0.4) is 0 Å². The first-order chi connectivity index (χ1) is 9.99. The molecule has 0 atom stereocenters. The maximum Gasteiger partial charge on any atom is 0.254 e. The number of anilines is 1. The number of aliphatic hydroxyl groups is 1. The number of rotatable bonds is 7. The second-order valence-electron chi connectivity index (χ2n) is 4.76. The van der Waals surface area contributed by atoms with Crippen LogP contribution in [0.4, 0.5) is 14.5 Å². The molecule has 1 aromatic carbocycles. The molecule has 1 rings (SSSR count). The highest BCUT2D eigenvalue weighted by Crippen LogP contribution is 2.22. The van der Waals surface area contributed by atoms with Crippen LogP contribution in [0.5, 0.6) is 0 Å². The summed E-state index contributed by atoms with van der Waals surface area (Å²) in [7, 11) is 1.41. The summed E-state index contributed by atoms with van der Waals surface area (Å²) >= 11 is 0. The van der Waals surface area contributed by atoms with Crippen molar-refractivity contribution in [3.63, 3.8) is 0 Å². The SMILES string of the molecule is CCC(CC)N(CCO)C(=O)c1cc(F)c(NC)c(F)c1. The van der Waals surface area contributed by atoms with Gasteiger partial charge < -0.3 is 15.3 Å². The van der Waals surface area contributed by atoms with Gasteiger partial charge in [-0.2, -0.15) is 0 Å². The Bertz CT molecular complexity index is 468. The van der Waals surface area contributed by atoms with Gasteiger partial charge in [0.05, 0.1) is 6.61 Å². The number of nitrogens with one attached hydrogen (secondary N) is 1. The summed E-state index contributed by atoms with van der Waals surface area (Å²) in [5.74, 6) is -2.10. The van der Waals surface area contributed by atoms with Crippen molar-refractivity contribution in [2.45, 2.75) is 32.7 Å². The normalized spacial score (nSPS) is 10.8. The molecule has 0 aliphatic rings. The number of hydrogen-bond donors (Lipinski definition) is 2. The van der Waals surface area contributed by atoms with Crippen LogP contribution in [0.15, 0.2) is 12.1 Å². The van der Waals surface area contributed by atoms with Gasteiger partial charge in [0.15, 0.2) is 0 Å². The summed E-state index contributed by atoms with van der Waals surface area (Å²) < 4.78 is 27.5. The molecule has 21 heavy (non-hydrogen) atoms. The van der Waals surface area contributed by atoms with E-state index in [0.29, 0.717) is 12.8 Å². The monoisotopic (exact) mass is 300 g/mol. The summed E-state index contributed by atoms with van der Waals surface area (Å²) in [6.07, 6.45) is 1.42. The molecule has 0 unspecified atom stereocenters. The lowest BCUT2D eigenvalue weighted by molar-refractivity contribution is 0.0621. The van der Waals surface area contributed by atoms with Crippen molar-refractivity contribution >= 4 is 11.6 Å². The van der Waals surface area contributed by atoms with E-state index in [1.807, 2.05) is 13.8 Å². The maximum absolute atomic E-state index is 13.8. The highest BCUT2D eigenvalue weighted by Gasteiger charge is 2.24. The van der Waals surface area contributed by atoms with Crippen molar-refractivity contribution in [2.24, 2.45) is 0 Å². The van der Waals surface area contributed by atoms with E-state index in [1.165, 1.54) is 11.9 Å². The molecule has 2 N–H and O–H groups in total. The molecular weight excluding hydrogens is 278 g/mol. The van der Waals surface area contributed by atoms with Crippen LogP contribution in [0.1, 0.15) is 37.0 Å². The maximum atomic E-state index is 13.8. The Kier molecular flexibility index (Phi) is 6.55. The zero-order valence-corrected chi connectivity index (χ0v) is 12.6. The average Bonchev–Trinajstić information content (AvgIpc) is 2.46. The van der Waals surface area contributed by atoms with E-state index in [-0.39, 0.29) is 30.4 Å². The van der Waals surface area contributed by atoms with Crippen LogP contribution in [0.2, 0.25) is 0 Å². The topological polar surface area (TPSA) is 52.6 Å². The van der Waals surface area contributed by atoms with Crippen LogP contribution < -0.4 is 5.32 Å². The lowest BCUT2D eigenvalue weighted by Crippen LogP contribution is -2.41. The average molecular weight is 300 g/mol. The number of aliphatic hydroxyl groups excluding tert-OH is 1. The smallest absolute Gasteiger partial charge is 0.254 e. The number of benzene rings is 1. The molecule has 0 aromatic heterocycles. The molecular formula is C15H22F2N2O2. The number of halogens is 2. The molecule has 0 saturated heterocycles. The molecule has 1 aromatic rings. The third kappa shape index (κ3) is 3.91. The molecule has 0 aliphatic carbocycles. The summed E-state index contributed by atoms with van der Waals surface area (Å²) in [5, 5.41) is 11.5. The Morgan fingerprint density at radius 1 is 1.29 bits per heavy atom. The lowest BCUT2D eigenvalue weighted by atomic mass is 10.1. The van der Waals surface area contributed by atoms with Crippen LogP contribution in [-0.4, -0.2) is 42.2 Å². The van der Waals surface area contributed by atoms with E-state index in [9.17, 15) is 13.6 Å². The molecule has 0 radical (unpaired) electrons. The molecule has 0 heterocycles. The minimum absolute atomic E-state index is 0.0515. The summed E-state index contributed by atoms with van der Waals surface area (Å²) in [4.78, 5) is 13.9. The van der Waals surface area contributed by atoms with E-state index < -0.39 is 17.5 Å². The Morgan fingerprint density at radius 3 is 2.19 bits per heavy atom. The van der Waals surface area contributed by atoms with E-state index in [1.54, 1.807) is 0 Å². The van der Waals surface area contributed by atoms with Crippen molar-refractivity contribution in [3.8, 4) is 0 Å². The minimum atomic E-state index is -0.811. The summed E-state index contributed by atoms with van der Waals surface area (Å²) in [6, 6.07) is 1.97. The van der Waals surface area contributed by atoms with E-state index in [0.717, 1.165) is 12.1 Å². The molecule has 4 nitrogen and oxygen atoms in total. The second-order valence-corrected chi connectivity index (χ2v) is 4.76. The zero-order valence-electron chi connectivity index (χ0n) is 12.6. The third-order valence-corrected chi connectivity index (χ3v) is 3.52. The fraction of sp³-hybridized carbons (Fsp3) is 0.533. The quantitative estimate of drug-likeness (QED) is 0.814. The first-order valence-corrected chi connectivity index (χ1v) is 7.08. The van der Waals surface area contributed by atoms with Gasteiger partial charge in [-0.05, 0) is 25.0 Å².